The number of fused-ring (bicyclic) bond motifs is 11. The third kappa shape index (κ3) is 8.27. The van der Waals surface area contributed by atoms with Crippen LogP contribution in [0.5, 0.6) is 0 Å². The van der Waals surface area contributed by atoms with Crippen LogP contribution in [-0.4, -0.2) is 15.8 Å². The molecule has 6 heteroatoms. The molecule has 0 saturated carbocycles. The first-order chi connectivity index (χ1) is 40.2. The van der Waals surface area contributed by atoms with Gasteiger partial charge in [-0.15, -0.1) is 0 Å². The summed E-state index contributed by atoms with van der Waals surface area (Å²) in [4.78, 5) is 2.59. The summed E-state index contributed by atoms with van der Waals surface area (Å²) < 4.78 is 15.3. The zero-order valence-corrected chi connectivity index (χ0v) is 53.4. The molecule has 0 aliphatic carbocycles. The summed E-state index contributed by atoms with van der Waals surface area (Å²) >= 11 is 0. The van der Waals surface area contributed by atoms with Gasteiger partial charge in [-0.2, -0.15) is 4.57 Å². The van der Waals surface area contributed by atoms with Gasteiger partial charge in [-0.05, 0) is 151 Å². The van der Waals surface area contributed by atoms with Crippen LogP contribution in [0.15, 0.2) is 162 Å². The Labute approximate surface area is 504 Å². The van der Waals surface area contributed by atoms with Gasteiger partial charge in [0, 0.05) is 66.5 Å². The summed E-state index contributed by atoms with van der Waals surface area (Å²) in [6.07, 6.45) is 0. The van der Waals surface area contributed by atoms with Crippen molar-refractivity contribution in [1.82, 2.24) is 9.13 Å². The number of imidazole rings is 1. The summed E-state index contributed by atoms with van der Waals surface area (Å²) in [5.74, 6) is 1.72. The van der Waals surface area contributed by atoms with Crippen LogP contribution in [0, 0.1) is 6.92 Å². The maximum atomic E-state index is 7.72. The summed E-state index contributed by atoms with van der Waals surface area (Å²) in [5.41, 5.74) is 29.0. The second-order valence-electron chi connectivity index (χ2n) is 29.8. The van der Waals surface area contributed by atoms with E-state index in [4.69, 9.17) is 4.42 Å². The number of hydrogen-bond donors (Lipinski definition) is 0. The molecule has 85 heavy (non-hydrogen) atoms. The van der Waals surface area contributed by atoms with Crippen molar-refractivity contribution in [1.29, 1.82) is 0 Å². The fraction of sp³-hybridized carbons (Fsp3) is 0.304. The highest BCUT2D eigenvalue weighted by Crippen LogP contribution is 2.49. The predicted molar refractivity (Wildman–Crippen MR) is 364 cm³/mol. The second kappa shape index (κ2) is 18.7. The first kappa shape index (κ1) is 54.8. The zero-order chi connectivity index (χ0) is 59.9. The quantitative estimate of drug-likeness (QED) is 0.123. The number of aryl methyl sites for hydroxylation is 2. The Kier molecular flexibility index (Phi) is 12.1. The normalized spacial score (nSPS) is 13.7. The maximum Gasteiger partial charge on any atom is 0.299 e. The van der Waals surface area contributed by atoms with E-state index in [1.165, 1.54) is 105 Å². The molecule has 2 aliphatic rings. The molecule has 2 aliphatic heterocycles. The molecule has 0 radical (unpaired) electrons. The number of hydrogen-bond acceptors (Lipinski definition) is 2. The minimum atomic E-state index is -0.0907. The van der Waals surface area contributed by atoms with E-state index in [2.05, 4.69) is 301 Å². The SMILES string of the molecule is Cc1ccc2c(oc3c(-c4cc5c6c(c4)-n4c7ccc(C(C)(C)C)cc7c7cc(C(C)(C)C)cc(c74)B6c4cc(C(C)(C)C)ccc4N5c4ccc(C(C)(C)C)cc4)cccc32)c1-c1n(-c2c(C(C)C)cccc2C(C)C)c2ccccc2[n+]1C. The van der Waals surface area contributed by atoms with Crippen LogP contribution in [0.25, 0.3) is 88.7 Å². The lowest BCUT2D eigenvalue weighted by atomic mass is 9.33. The molecule has 12 aromatic rings. The van der Waals surface area contributed by atoms with Gasteiger partial charge in [-0.3, -0.25) is 0 Å². The summed E-state index contributed by atoms with van der Waals surface area (Å²) in [6.45, 7) is 39.7. The van der Waals surface area contributed by atoms with Gasteiger partial charge in [0.1, 0.15) is 16.8 Å². The molecule has 0 fully saturated rings. The van der Waals surface area contributed by atoms with E-state index in [9.17, 15) is 0 Å². The fourth-order valence-electron chi connectivity index (χ4n) is 14.5. The molecule has 14 rings (SSSR count). The predicted octanol–water partition coefficient (Wildman–Crippen LogP) is 19.1. The van der Waals surface area contributed by atoms with Gasteiger partial charge < -0.3 is 13.9 Å². The van der Waals surface area contributed by atoms with Crippen molar-refractivity contribution in [3.05, 3.63) is 197 Å². The standard InChI is InChI=1S/C79H82BN4O/c1-45(2)54-23-21-24-55(46(3)4)71(54)84-66-28-20-19-27-65(66)81(18)75(84)69-47(5)29-36-58-57-26-22-25-56(73(57)85-74(58)69)48-39-67-70-68(40-48)83-63-37-32-50(77(9,10)11)41-59(63)60-42-52(79(15,16)17)44-62(72(60)83)80(70)61-43-51(78(12,13)14)33-38-64(61)82(67)53-34-30-49(31-35-53)76(6,7)8/h19-46H,1-18H3/q+1. The first-order valence-corrected chi connectivity index (χ1v) is 31.2. The van der Waals surface area contributed by atoms with Gasteiger partial charge in [0.2, 0.25) is 0 Å². The molecule has 5 heterocycles. The number of para-hydroxylation sites is 4. The molecule has 5 nitrogen and oxygen atoms in total. The monoisotopic (exact) mass is 1110 g/mol. The highest BCUT2D eigenvalue weighted by molar-refractivity contribution is 7.00. The molecule has 0 saturated heterocycles. The number of furan rings is 1. The third-order valence-corrected chi connectivity index (χ3v) is 19.3. The van der Waals surface area contributed by atoms with E-state index < -0.39 is 0 Å². The van der Waals surface area contributed by atoms with E-state index >= 15 is 0 Å². The molecule has 0 unspecified atom stereocenters. The average molecular weight is 1110 g/mol. The summed E-state index contributed by atoms with van der Waals surface area (Å²) in [5, 5.41) is 4.83. The number of rotatable bonds is 6. The molecule has 3 aromatic heterocycles. The van der Waals surface area contributed by atoms with Crippen molar-refractivity contribution in [2.45, 2.75) is 151 Å². The number of nitrogens with zero attached hydrogens (tertiary/aromatic N) is 4. The summed E-state index contributed by atoms with van der Waals surface area (Å²) in [7, 11) is 2.23. The van der Waals surface area contributed by atoms with E-state index in [1.807, 2.05) is 0 Å². The lowest BCUT2D eigenvalue weighted by Crippen LogP contribution is -2.60. The molecular formula is C79H82BN4O+. The summed E-state index contributed by atoms with van der Waals surface area (Å²) in [6, 6.07) is 61.4. The highest BCUT2D eigenvalue weighted by Gasteiger charge is 2.44. The lowest BCUT2D eigenvalue weighted by molar-refractivity contribution is -0.633. The van der Waals surface area contributed by atoms with Crippen LogP contribution in [0.3, 0.4) is 0 Å². The van der Waals surface area contributed by atoms with Crippen LogP contribution in [0.2, 0.25) is 0 Å². The van der Waals surface area contributed by atoms with E-state index in [-0.39, 0.29) is 28.4 Å². The van der Waals surface area contributed by atoms with Crippen LogP contribution >= 0.6 is 0 Å². The van der Waals surface area contributed by atoms with E-state index in [0.717, 1.165) is 55.7 Å². The van der Waals surface area contributed by atoms with Gasteiger partial charge in [0.25, 0.3) is 12.5 Å². The van der Waals surface area contributed by atoms with Crippen molar-refractivity contribution >= 4 is 94.9 Å². The molecule has 0 N–H and O–H groups in total. The van der Waals surface area contributed by atoms with Crippen LogP contribution < -0.4 is 25.9 Å². The minimum Gasteiger partial charge on any atom is -0.454 e. The average Bonchev–Trinajstić information content (AvgIpc) is 1.68. The van der Waals surface area contributed by atoms with Crippen molar-refractivity contribution < 1.29 is 8.98 Å². The second-order valence-corrected chi connectivity index (χ2v) is 29.8. The van der Waals surface area contributed by atoms with Crippen LogP contribution in [0.4, 0.5) is 17.1 Å². The van der Waals surface area contributed by atoms with Crippen LogP contribution in [0.1, 0.15) is 162 Å². The van der Waals surface area contributed by atoms with Crippen LogP contribution in [-0.2, 0) is 28.7 Å². The molecule has 0 bridgehead atoms. The largest absolute Gasteiger partial charge is 0.454 e. The maximum absolute atomic E-state index is 7.72. The molecule has 0 spiro atoms. The fourth-order valence-corrected chi connectivity index (χ4v) is 14.5. The number of benzene rings is 9. The molecule has 9 aromatic carbocycles. The third-order valence-electron chi connectivity index (χ3n) is 19.3. The Balaban J connectivity index is 1.10. The number of anilines is 3. The highest BCUT2D eigenvalue weighted by atomic mass is 16.3. The Morgan fingerprint density at radius 2 is 1.06 bits per heavy atom. The lowest BCUT2D eigenvalue weighted by Gasteiger charge is -2.41. The van der Waals surface area contributed by atoms with E-state index in [1.54, 1.807) is 0 Å². The molecule has 0 amide bonds. The van der Waals surface area contributed by atoms with Crippen molar-refractivity contribution in [3.8, 4) is 33.9 Å². The smallest absolute Gasteiger partial charge is 0.299 e. The Hall–Kier alpha value is -8.09. The van der Waals surface area contributed by atoms with Crippen molar-refractivity contribution in [2.75, 3.05) is 4.90 Å². The van der Waals surface area contributed by atoms with Gasteiger partial charge in [0.05, 0.1) is 12.6 Å². The van der Waals surface area contributed by atoms with Gasteiger partial charge in [0.15, 0.2) is 16.6 Å². The topological polar surface area (TPSA) is 30.1 Å². The Morgan fingerprint density at radius 3 is 1.73 bits per heavy atom. The minimum absolute atomic E-state index is 0.000476. The molecular weight excluding hydrogens is 1030 g/mol. The van der Waals surface area contributed by atoms with Crippen molar-refractivity contribution in [2.24, 2.45) is 7.05 Å². The Morgan fingerprint density at radius 1 is 0.471 bits per heavy atom. The first-order valence-electron chi connectivity index (χ1n) is 31.2. The van der Waals surface area contributed by atoms with Gasteiger partial charge >= 0.3 is 0 Å². The van der Waals surface area contributed by atoms with Gasteiger partial charge in [-0.25, -0.2) is 4.57 Å². The Bertz CT molecular complexity index is 4750. The van der Waals surface area contributed by atoms with Crippen molar-refractivity contribution in [3.63, 3.8) is 0 Å². The molecule has 0 atom stereocenters. The molecule has 426 valence electrons. The number of aromatic nitrogens is 3. The zero-order valence-electron chi connectivity index (χ0n) is 53.4. The van der Waals surface area contributed by atoms with Gasteiger partial charge in [-0.1, -0.05) is 208 Å². The van der Waals surface area contributed by atoms with E-state index in [0.29, 0.717) is 11.8 Å².